The van der Waals surface area contributed by atoms with Crippen molar-refractivity contribution in [3.63, 3.8) is 0 Å². The minimum Gasteiger partial charge on any atom is -0.251 e. The summed E-state index contributed by atoms with van der Waals surface area (Å²) in [5.41, 5.74) is 1.18. The van der Waals surface area contributed by atoms with Crippen molar-refractivity contribution in [1.29, 1.82) is 5.26 Å². The van der Waals surface area contributed by atoms with E-state index in [4.69, 9.17) is 0 Å². The molecule has 0 amide bonds. The Hall–Kier alpha value is -2.52. The fraction of sp³-hybridized carbons (Fsp3) is 0.211. The normalized spacial score (nSPS) is 13.2. The molecule has 1 unspecified atom stereocenters. The van der Waals surface area contributed by atoms with E-state index >= 15 is 0 Å². The third-order valence-corrected chi connectivity index (χ3v) is 4.79. The molecular weight excluding hydrogens is 383 g/mol. The number of aromatic nitrogens is 3. The van der Waals surface area contributed by atoms with E-state index in [0.29, 0.717) is 19.4 Å². The molecule has 4 nitrogen and oxygen atoms in total. The van der Waals surface area contributed by atoms with Gasteiger partial charge in [0.15, 0.2) is 0 Å². The van der Waals surface area contributed by atoms with E-state index in [2.05, 4.69) is 32.1 Å². The summed E-state index contributed by atoms with van der Waals surface area (Å²) in [4.78, 5) is 3.97. The zero-order chi connectivity index (χ0) is 17.7. The molecule has 1 atom stereocenters. The van der Waals surface area contributed by atoms with Gasteiger partial charge in [0.1, 0.15) is 23.9 Å². The molecular formula is C19H16BrFN4. The summed E-state index contributed by atoms with van der Waals surface area (Å²) in [5.74, 6) is -0.258. The van der Waals surface area contributed by atoms with Crippen LogP contribution in [0.4, 0.5) is 4.39 Å². The van der Waals surface area contributed by atoms with Gasteiger partial charge < -0.3 is 0 Å². The van der Waals surface area contributed by atoms with Gasteiger partial charge in [-0.2, -0.15) is 10.4 Å². The predicted molar refractivity (Wildman–Crippen MR) is 96.2 cm³/mol. The predicted octanol–water partition coefficient (Wildman–Crippen LogP) is 4.27. The molecule has 126 valence electrons. The summed E-state index contributed by atoms with van der Waals surface area (Å²) in [5, 5.41) is 14.2. The van der Waals surface area contributed by atoms with Gasteiger partial charge in [-0.1, -0.05) is 40.2 Å². The molecule has 3 aromatic rings. The first kappa shape index (κ1) is 17.3. The van der Waals surface area contributed by atoms with Crippen LogP contribution in [-0.2, 0) is 18.4 Å². The first-order valence-electron chi connectivity index (χ1n) is 7.85. The van der Waals surface area contributed by atoms with Crippen LogP contribution < -0.4 is 0 Å². The molecule has 0 bridgehead atoms. The minimum atomic E-state index is -0.747. The Morgan fingerprint density at radius 1 is 1.12 bits per heavy atom. The number of aryl methyl sites for hydroxylation is 1. The quantitative estimate of drug-likeness (QED) is 0.622. The van der Waals surface area contributed by atoms with E-state index in [9.17, 15) is 9.65 Å². The van der Waals surface area contributed by atoms with E-state index in [0.717, 1.165) is 15.6 Å². The molecule has 3 rings (SSSR count). The van der Waals surface area contributed by atoms with Gasteiger partial charge in [-0.15, -0.1) is 0 Å². The van der Waals surface area contributed by atoms with Crippen LogP contribution in [0.25, 0.3) is 0 Å². The second kappa shape index (κ2) is 7.58. The van der Waals surface area contributed by atoms with E-state index < -0.39 is 5.41 Å². The lowest BCUT2D eigenvalue weighted by Crippen LogP contribution is -2.31. The molecule has 25 heavy (non-hydrogen) atoms. The highest BCUT2D eigenvalue weighted by molar-refractivity contribution is 9.10. The summed E-state index contributed by atoms with van der Waals surface area (Å²) in [6.07, 6.45) is 4.34. The van der Waals surface area contributed by atoms with Crippen LogP contribution in [0.3, 0.4) is 0 Å². The van der Waals surface area contributed by atoms with E-state index in [1.54, 1.807) is 23.1 Å². The van der Waals surface area contributed by atoms with Crippen LogP contribution in [0.1, 0.15) is 17.5 Å². The van der Waals surface area contributed by atoms with Gasteiger partial charge in [-0.05, 0) is 48.2 Å². The molecule has 0 aliphatic heterocycles. The highest BCUT2D eigenvalue weighted by Gasteiger charge is 2.33. The monoisotopic (exact) mass is 398 g/mol. The van der Waals surface area contributed by atoms with Crippen molar-refractivity contribution in [1.82, 2.24) is 14.8 Å². The average molecular weight is 399 g/mol. The van der Waals surface area contributed by atoms with Crippen LogP contribution in [0.15, 0.2) is 65.7 Å². The van der Waals surface area contributed by atoms with Gasteiger partial charge in [0.05, 0.1) is 12.6 Å². The largest absolute Gasteiger partial charge is 0.251 e. The summed E-state index contributed by atoms with van der Waals surface area (Å²) in [7, 11) is 0. The molecule has 6 heteroatoms. The van der Waals surface area contributed by atoms with Gasteiger partial charge in [0, 0.05) is 4.47 Å². The zero-order valence-electron chi connectivity index (χ0n) is 13.4. The molecule has 0 N–H and O–H groups in total. The maximum atomic E-state index is 13.1. The molecule has 0 aliphatic rings. The van der Waals surface area contributed by atoms with Gasteiger partial charge in [-0.25, -0.2) is 9.37 Å². The summed E-state index contributed by atoms with van der Waals surface area (Å²) in [6.45, 7) is 0.409. The highest BCUT2D eigenvalue weighted by atomic mass is 79.9. The molecule has 0 aliphatic carbocycles. The lowest BCUT2D eigenvalue weighted by molar-refractivity contribution is 0.401. The molecule has 0 radical (unpaired) electrons. The maximum Gasteiger partial charge on any atom is 0.137 e. The zero-order valence-corrected chi connectivity index (χ0v) is 15.0. The van der Waals surface area contributed by atoms with Crippen LogP contribution >= 0.6 is 15.9 Å². The van der Waals surface area contributed by atoms with Crippen molar-refractivity contribution >= 4 is 15.9 Å². The summed E-state index contributed by atoms with van der Waals surface area (Å²) < 4.78 is 15.7. The third-order valence-electron chi connectivity index (χ3n) is 4.26. The number of halogens is 2. The molecule has 2 aromatic carbocycles. The Bertz CT molecular complexity index is 854. The van der Waals surface area contributed by atoms with Gasteiger partial charge in [0.2, 0.25) is 0 Å². The second-order valence-corrected chi connectivity index (χ2v) is 6.84. The van der Waals surface area contributed by atoms with Gasteiger partial charge >= 0.3 is 0 Å². The maximum absolute atomic E-state index is 13.1. The topological polar surface area (TPSA) is 54.5 Å². The van der Waals surface area contributed by atoms with E-state index in [-0.39, 0.29) is 5.82 Å². The SMILES string of the molecule is N#CC(CCc1ccc(F)cc1)(Cn1cncn1)c1ccc(Br)cc1. The van der Waals surface area contributed by atoms with Crippen molar-refractivity contribution in [2.45, 2.75) is 24.8 Å². The van der Waals surface area contributed by atoms with Crippen molar-refractivity contribution < 1.29 is 4.39 Å². The van der Waals surface area contributed by atoms with Crippen molar-refractivity contribution in [2.75, 3.05) is 0 Å². The van der Waals surface area contributed by atoms with Gasteiger partial charge in [-0.3, -0.25) is 4.68 Å². The highest BCUT2D eigenvalue weighted by Crippen LogP contribution is 2.32. The smallest absolute Gasteiger partial charge is 0.137 e. The Morgan fingerprint density at radius 3 is 2.44 bits per heavy atom. The molecule has 0 spiro atoms. The number of nitrogens with zero attached hydrogens (tertiary/aromatic N) is 4. The van der Waals surface area contributed by atoms with Crippen molar-refractivity contribution in [2.24, 2.45) is 0 Å². The number of hydrogen-bond acceptors (Lipinski definition) is 3. The summed E-state index contributed by atoms with van der Waals surface area (Å²) in [6, 6.07) is 16.7. The molecule has 0 saturated heterocycles. The first-order valence-corrected chi connectivity index (χ1v) is 8.65. The van der Waals surface area contributed by atoms with Crippen LogP contribution in [-0.4, -0.2) is 14.8 Å². The Balaban J connectivity index is 1.91. The van der Waals surface area contributed by atoms with Crippen molar-refractivity contribution in [3.8, 4) is 6.07 Å². The Kier molecular flexibility index (Phi) is 5.25. The fourth-order valence-electron chi connectivity index (χ4n) is 2.84. The lowest BCUT2D eigenvalue weighted by Gasteiger charge is -2.27. The van der Waals surface area contributed by atoms with Crippen molar-refractivity contribution in [3.05, 3.63) is 82.6 Å². The number of hydrogen-bond donors (Lipinski definition) is 0. The first-order chi connectivity index (χ1) is 12.1. The Morgan fingerprint density at radius 2 is 1.84 bits per heavy atom. The Labute approximate surface area is 154 Å². The summed E-state index contributed by atoms with van der Waals surface area (Å²) >= 11 is 3.43. The van der Waals surface area contributed by atoms with E-state index in [1.807, 2.05) is 24.3 Å². The number of nitriles is 1. The van der Waals surface area contributed by atoms with Gasteiger partial charge in [0.25, 0.3) is 0 Å². The molecule has 0 saturated carbocycles. The molecule has 1 aromatic heterocycles. The standard InChI is InChI=1S/C19H16BrFN4/c20-17-5-3-16(4-6-17)19(11-22,12-25-14-23-13-24-25)10-9-15-1-7-18(21)8-2-15/h1-8,13-14H,9-10,12H2. The van der Waals surface area contributed by atoms with Crippen LogP contribution in [0.2, 0.25) is 0 Å². The lowest BCUT2D eigenvalue weighted by atomic mass is 9.77. The second-order valence-electron chi connectivity index (χ2n) is 5.92. The molecule has 1 heterocycles. The molecule has 0 fully saturated rings. The van der Waals surface area contributed by atoms with Crippen LogP contribution in [0.5, 0.6) is 0 Å². The van der Waals surface area contributed by atoms with Crippen LogP contribution in [0, 0.1) is 17.1 Å². The third kappa shape index (κ3) is 4.12. The minimum absolute atomic E-state index is 0.258. The van der Waals surface area contributed by atoms with E-state index in [1.165, 1.54) is 18.5 Å². The fourth-order valence-corrected chi connectivity index (χ4v) is 3.10. The number of benzene rings is 2. The number of rotatable bonds is 6. The average Bonchev–Trinajstić information content (AvgIpc) is 3.13.